The van der Waals surface area contributed by atoms with Crippen LogP contribution < -0.4 is 4.74 Å². The van der Waals surface area contributed by atoms with Gasteiger partial charge in [0.1, 0.15) is 5.75 Å². The second kappa shape index (κ2) is 7.45. The van der Waals surface area contributed by atoms with Gasteiger partial charge >= 0.3 is 0 Å². The number of nitrogens with zero attached hydrogens (tertiary/aromatic N) is 3. The largest absolute Gasteiger partial charge is 0.493 e. The van der Waals surface area contributed by atoms with E-state index in [1.54, 1.807) is 24.3 Å². The number of carbonyl (C=O) groups is 1. The molecule has 2 fully saturated rings. The van der Waals surface area contributed by atoms with Gasteiger partial charge in [0.25, 0.3) is 0 Å². The first-order valence-corrected chi connectivity index (χ1v) is 9.16. The number of amides is 1. The van der Waals surface area contributed by atoms with E-state index in [0.29, 0.717) is 24.3 Å². The van der Waals surface area contributed by atoms with Crippen molar-refractivity contribution >= 4 is 5.91 Å². The molecule has 0 bridgehead atoms. The van der Waals surface area contributed by atoms with Crippen LogP contribution in [0.15, 0.2) is 24.3 Å². The van der Waals surface area contributed by atoms with Crippen molar-refractivity contribution in [2.45, 2.75) is 38.6 Å². The molecule has 134 valence electrons. The Bertz CT molecular complexity index is 636. The molecule has 3 rings (SSSR count). The first kappa shape index (κ1) is 17.8. The van der Waals surface area contributed by atoms with Crippen LogP contribution in [0.1, 0.15) is 38.7 Å². The third-order valence-corrected chi connectivity index (χ3v) is 5.59. The van der Waals surface area contributed by atoms with E-state index in [-0.39, 0.29) is 11.4 Å². The number of rotatable bonds is 6. The van der Waals surface area contributed by atoms with Crippen molar-refractivity contribution in [1.82, 2.24) is 9.80 Å². The highest BCUT2D eigenvalue weighted by atomic mass is 16.5. The van der Waals surface area contributed by atoms with Crippen molar-refractivity contribution in [2.24, 2.45) is 5.92 Å². The first-order chi connectivity index (χ1) is 12.0. The average molecular weight is 341 g/mol. The number of piperazine rings is 1. The third-order valence-electron chi connectivity index (χ3n) is 5.59. The normalized spacial score (nSPS) is 18.7. The molecule has 0 radical (unpaired) electrons. The standard InChI is InChI=1S/C20H27N3O2/c1-20(2,17-5-6-17)23-12-10-22(11-13-23)19(24)9-14-25-18-7-3-16(15-21)4-8-18/h3-4,7-8,17H,5-6,9-14H2,1-2H3. The summed E-state index contributed by atoms with van der Waals surface area (Å²) in [5.74, 6) is 1.69. The molecule has 1 saturated heterocycles. The van der Waals surface area contributed by atoms with Crippen LogP contribution in [0, 0.1) is 17.2 Å². The Morgan fingerprint density at radius 3 is 2.40 bits per heavy atom. The summed E-state index contributed by atoms with van der Waals surface area (Å²) in [5.41, 5.74) is 0.879. The molecule has 1 heterocycles. The van der Waals surface area contributed by atoms with Crippen molar-refractivity contribution in [3.8, 4) is 11.8 Å². The molecule has 0 aromatic heterocycles. The highest BCUT2D eigenvalue weighted by Crippen LogP contribution is 2.42. The SMILES string of the molecule is CC(C)(C1CC1)N1CCN(C(=O)CCOc2ccc(C#N)cc2)CC1. The van der Waals surface area contributed by atoms with Crippen molar-refractivity contribution < 1.29 is 9.53 Å². The Kier molecular flexibility index (Phi) is 5.29. The van der Waals surface area contributed by atoms with Gasteiger partial charge in [0.05, 0.1) is 24.7 Å². The summed E-state index contributed by atoms with van der Waals surface area (Å²) in [6.45, 7) is 8.61. The monoisotopic (exact) mass is 341 g/mol. The van der Waals surface area contributed by atoms with E-state index >= 15 is 0 Å². The predicted octanol–water partition coefficient (Wildman–Crippen LogP) is 2.66. The zero-order chi connectivity index (χ0) is 17.9. The van der Waals surface area contributed by atoms with Crippen LogP contribution in [0.3, 0.4) is 0 Å². The van der Waals surface area contributed by atoms with Gasteiger partial charge in [-0.1, -0.05) is 0 Å². The van der Waals surface area contributed by atoms with Gasteiger partial charge in [-0.25, -0.2) is 0 Å². The van der Waals surface area contributed by atoms with Crippen molar-refractivity contribution in [3.05, 3.63) is 29.8 Å². The van der Waals surface area contributed by atoms with E-state index in [2.05, 4.69) is 24.8 Å². The molecule has 25 heavy (non-hydrogen) atoms. The number of ether oxygens (including phenoxy) is 1. The predicted molar refractivity (Wildman–Crippen MR) is 96.2 cm³/mol. The van der Waals surface area contributed by atoms with E-state index < -0.39 is 0 Å². The maximum atomic E-state index is 12.4. The molecule has 1 aromatic rings. The lowest BCUT2D eigenvalue weighted by atomic mass is 9.95. The lowest BCUT2D eigenvalue weighted by molar-refractivity contribution is -0.134. The van der Waals surface area contributed by atoms with Crippen LogP contribution in [-0.4, -0.2) is 54.0 Å². The molecule has 0 unspecified atom stereocenters. The van der Waals surface area contributed by atoms with Crippen LogP contribution in [0.4, 0.5) is 0 Å². The topological polar surface area (TPSA) is 56.6 Å². The molecule has 2 aliphatic rings. The minimum Gasteiger partial charge on any atom is -0.493 e. The molecule has 0 atom stereocenters. The fourth-order valence-electron chi connectivity index (χ4n) is 3.62. The summed E-state index contributed by atoms with van der Waals surface area (Å²) in [5, 5.41) is 8.78. The number of hydrogen-bond donors (Lipinski definition) is 0. The summed E-state index contributed by atoms with van der Waals surface area (Å²) in [6.07, 6.45) is 3.09. The second-order valence-corrected chi connectivity index (χ2v) is 7.53. The Morgan fingerprint density at radius 2 is 1.84 bits per heavy atom. The Labute approximate surface area is 150 Å². The van der Waals surface area contributed by atoms with E-state index in [1.807, 2.05) is 4.90 Å². The summed E-state index contributed by atoms with van der Waals surface area (Å²) >= 11 is 0. The second-order valence-electron chi connectivity index (χ2n) is 7.53. The van der Waals surface area contributed by atoms with Gasteiger partial charge in [-0.3, -0.25) is 9.69 Å². The number of benzene rings is 1. The lowest BCUT2D eigenvalue weighted by Crippen LogP contribution is -2.56. The van der Waals surface area contributed by atoms with Crippen LogP contribution in [-0.2, 0) is 4.79 Å². The van der Waals surface area contributed by atoms with Gasteiger partial charge in [-0.05, 0) is 56.9 Å². The molecule has 1 saturated carbocycles. The molecular formula is C20H27N3O2. The van der Waals surface area contributed by atoms with Gasteiger partial charge in [-0.15, -0.1) is 0 Å². The van der Waals surface area contributed by atoms with E-state index in [9.17, 15) is 4.79 Å². The van der Waals surface area contributed by atoms with Gasteiger partial charge in [0.2, 0.25) is 5.91 Å². The molecule has 1 aliphatic heterocycles. The first-order valence-electron chi connectivity index (χ1n) is 9.16. The fourth-order valence-corrected chi connectivity index (χ4v) is 3.62. The summed E-state index contributed by atoms with van der Waals surface area (Å²) in [6, 6.07) is 9.05. The lowest BCUT2D eigenvalue weighted by Gasteiger charge is -2.44. The molecule has 1 aliphatic carbocycles. The fraction of sp³-hybridized carbons (Fsp3) is 0.600. The number of hydrogen-bond acceptors (Lipinski definition) is 4. The van der Waals surface area contributed by atoms with Gasteiger partial charge in [0.15, 0.2) is 0 Å². The Hall–Kier alpha value is -2.06. The van der Waals surface area contributed by atoms with Crippen LogP contribution in [0.25, 0.3) is 0 Å². The van der Waals surface area contributed by atoms with E-state index in [4.69, 9.17) is 10.00 Å². The maximum Gasteiger partial charge on any atom is 0.226 e. The summed E-state index contributed by atoms with van der Waals surface area (Å²) in [4.78, 5) is 16.9. The Balaban J connectivity index is 1.39. The minimum atomic E-state index is 0.164. The number of nitriles is 1. The molecular weight excluding hydrogens is 314 g/mol. The van der Waals surface area contributed by atoms with Crippen LogP contribution >= 0.6 is 0 Å². The van der Waals surface area contributed by atoms with E-state index in [0.717, 1.165) is 32.1 Å². The van der Waals surface area contributed by atoms with Crippen LogP contribution in [0.5, 0.6) is 5.75 Å². The maximum absolute atomic E-state index is 12.4. The van der Waals surface area contributed by atoms with Crippen molar-refractivity contribution in [2.75, 3.05) is 32.8 Å². The molecule has 5 nitrogen and oxygen atoms in total. The van der Waals surface area contributed by atoms with Gasteiger partial charge in [0, 0.05) is 31.7 Å². The van der Waals surface area contributed by atoms with E-state index in [1.165, 1.54) is 12.8 Å². The molecule has 0 spiro atoms. The van der Waals surface area contributed by atoms with Gasteiger partial charge in [-0.2, -0.15) is 5.26 Å². The van der Waals surface area contributed by atoms with Crippen molar-refractivity contribution in [3.63, 3.8) is 0 Å². The zero-order valence-electron chi connectivity index (χ0n) is 15.2. The minimum absolute atomic E-state index is 0.164. The smallest absolute Gasteiger partial charge is 0.226 e. The average Bonchev–Trinajstić information content (AvgIpc) is 3.48. The summed E-state index contributed by atoms with van der Waals surface area (Å²) in [7, 11) is 0. The van der Waals surface area contributed by atoms with Crippen molar-refractivity contribution in [1.29, 1.82) is 5.26 Å². The highest BCUT2D eigenvalue weighted by Gasteiger charge is 2.42. The Morgan fingerprint density at radius 1 is 1.20 bits per heavy atom. The zero-order valence-corrected chi connectivity index (χ0v) is 15.2. The third kappa shape index (κ3) is 4.32. The molecule has 1 amide bonds. The quantitative estimate of drug-likeness (QED) is 0.798. The van der Waals surface area contributed by atoms with Crippen LogP contribution in [0.2, 0.25) is 0 Å². The molecule has 1 aromatic carbocycles. The highest BCUT2D eigenvalue weighted by molar-refractivity contribution is 5.76. The van der Waals surface area contributed by atoms with Gasteiger partial charge < -0.3 is 9.64 Å². The molecule has 0 N–H and O–H groups in total. The number of carbonyl (C=O) groups excluding carboxylic acids is 1. The molecule has 5 heteroatoms. The summed E-state index contributed by atoms with van der Waals surface area (Å²) < 4.78 is 5.61.